The van der Waals surface area contributed by atoms with Gasteiger partial charge in [0, 0.05) is 12.8 Å². The van der Waals surface area contributed by atoms with Gasteiger partial charge in [-0.1, -0.05) is 30.9 Å². The van der Waals surface area contributed by atoms with Crippen LogP contribution in [0.4, 0.5) is 0 Å². The Labute approximate surface area is 188 Å². The molecule has 1 atom stereocenters. The molecule has 0 heterocycles. The second-order valence-electron chi connectivity index (χ2n) is 5.78. The van der Waals surface area contributed by atoms with E-state index in [4.69, 9.17) is 0 Å². The van der Waals surface area contributed by atoms with Gasteiger partial charge in [0.2, 0.25) is 11.8 Å². The van der Waals surface area contributed by atoms with Gasteiger partial charge in [-0.15, -0.1) is 0 Å². The second kappa shape index (κ2) is 17.4. The van der Waals surface area contributed by atoms with Crippen molar-refractivity contribution >= 4 is 23.8 Å². The van der Waals surface area contributed by atoms with Crippen molar-refractivity contribution in [3.63, 3.8) is 0 Å². The number of amides is 2. The summed E-state index contributed by atoms with van der Waals surface area (Å²) in [6.07, 6.45) is 9.74. The number of hydrogen-bond donors (Lipinski definition) is 0. The van der Waals surface area contributed by atoms with E-state index < -0.39 is 36.2 Å². The van der Waals surface area contributed by atoms with Crippen LogP contribution in [-0.2, 0) is 23.9 Å². The summed E-state index contributed by atoms with van der Waals surface area (Å²) in [6, 6.07) is -1.71. The molecule has 0 aliphatic carbocycles. The number of esters is 1. The van der Waals surface area contributed by atoms with Gasteiger partial charge in [0.25, 0.3) is 0 Å². The van der Waals surface area contributed by atoms with E-state index in [0.29, 0.717) is 30.6 Å². The van der Waals surface area contributed by atoms with E-state index in [9.17, 15) is 24.3 Å². The van der Waals surface area contributed by atoms with Crippen molar-refractivity contribution in [2.45, 2.75) is 64.8 Å². The van der Waals surface area contributed by atoms with E-state index in [0.717, 1.165) is 6.26 Å². The van der Waals surface area contributed by atoms with Gasteiger partial charge in [-0.05, 0) is 39.5 Å². The van der Waals surface area contributed by atoms with Crippen LogP contribution in [0, 0.1) is 0 Å². The van der Waals surface area contributed by atoms with Crippen LogP contribution in [-0.4, -0.2) is 34.7 Å². The summed E-state index contributed by atoms with van der Waals surface area (Å²) in [5, 5.41) is 11.5. The number of ether oxygens (including phenoxy) is 1. The maximum atomic E-state index is 12.5. The fraction of sp³-hybridized carbons (Fsp3) is 0.500. The van der Waals surface area contributed by atoms with Crippen LogP contribution in [0.2, 0.25) is 0 Å². The quantitative estimate of drug-likeness (QED) is 0.129. The molecule has 0 aromatic rings. The molecule has 0 aromatic carbocycles. The molecule has 8 heteroatoms. The molecule has 0 saturated heterocycles. The molecule has 0 fully saturated rings. The van der Waals surface area contributed by atoms with E-state index in [2.05, 4.69) is 11.3 Å². The number of allylic oxidation sites excluding steroid dienone is 4. The maximum Gasteiger partial charge on any atom is 1.00 e. The van der Waals surface area contributed by atoms with Crippen molar-refractivity contribution in [1.29, 1.82) is 0 Å². The molecule has 0 radical (unpaired) electrons. The Bertz CT molecular complexity index is 555. The molecular weight excluding hydrogens is 373 g/mol. The van der Waals surface area contributed by atoms with Crippen molar-refractivity contribution in [1.82, 2.24) is 4.90 Å². The minimum absolute atomic E-state index is 0. The fourth-order valence-corrected chi connectivity index (χ4v) is 2.38. The molecule has 0 saturated carbocycles. The first-order chi connectivity index (χ1) is 12.9. The molecule has 0 spiro atoms. The molecule has 0 rings (SSSR count). The van der Waals surface area contributed by atoms with Gasteiger partial charge in [-0.2, -0.15) is 0 Å². The van der Waals surface area contributed by atoms with E-state index in [1.165, 1.54) is 0 Å². The Morgan fingerprint density at radius 1 is 1.00 bits per heavy atom. The minimum Gasteiger partial charge on any atom is -0.548 e. The van der Waals surface area contributed by atoms with Gasteiger partial charge in [0.05, 0.1) is 24.7 Å². The Kier molecular flexibility index (Phi) is 17.7. The molecule has 150 valence electrons. The normalized spacial score (nSPS) is 11.6. The number of rotatable bonds is 13. The number of carbonyl (C=O) groups is 4. The zero-order valence-corrected chi connectivity index (χ0v) is 19.0. The number of nitrogens with zero attached hydrogens (tertiary/aromatic N) is 1. The first kappa shape index (κ1) is 28.5. The molecule has 7 nitrogen and oxygen atoms in total. The van der Waals surface area contributed by atoms with Crippen LogP contribution in [0.3, 0.4) is 0 Å². The van der Waals surface area contributed by atoms with E-state index in [1.54, 1.807) is 0 Å². The summed E-state index contributed by atoms with van der Waals surface area (Å²) < 4.78 is 4.52. The predicted octanol–water partition coefficient (Wildman–Crippen LogP) is -0.966. The largest absolute Gasteiger partial charge is 1.00 e. The van der Waals surface area contributed by atoms with E-state index in [-0.39, 0.29) is 42.4 Å². The van der Waals surface area contributed by atoms with Crippen molar-refractivity contribution in [3.05, 3.63) is 37.1 Å². The van der Waals surface area contributed by atoms with Crippen LogP contribution in [0.5, 0.6) is 0 Å². The van der Waals surface area contributed by atoms with Crippen LogP contribution >= 0.6 is 0 Å². The van der Waals surface area contributed by atoms with Crippen molar-refractivity contribution in [2.24, 2.45) is 0 Å². The number of aliphatic carboxylic acids is 1. The first-order valence-corrected chi connectivity index (χ1v) is 8.97. The van der Waals surface area contributed by atoms with Gasteiger partial charge in [0.15, 0.2) is 0 Å². The van der Waals surface area contributed by atoms with Gasteiger partial charge in [0.1, 0.15) is 0 Å². The monoisotopic (exact) mass is 401 g/mol. The molecule has 2 amide bonds. The standard InChI is InChI=1S/C20H29NO6.Na/c1-4-7-9-11-13-17(22)21(18(23)14-12-10-8-5-2)16(20(25)26)15-19(24)27-6-3;/h4-8,16H,3,9-15H2,1-2H3,(H,25,26);/q;+1/p-1/b7-4+,8-5+;. The predicted molar refractivity (Wildman–Crippen MR) is 98.9 cm³/mol. The summed E-state index contributed by atoms with van der Waals surface area (Å²) in [7, 11) is 0. The van der Waals surface area contributed by atoms with Gasteiger partial charge in [-0.3, -0.25) is 19.3 Å². The van der Waals surface area contributed by atoms with Gasteiger partial charge in [-0.25, -0.2) is 0 Å². The maximum absolute atomic E-state index is 12.5. The van der Waals surface area contributed by atoms with Crippen LogP contribution in [0.1, 0.15) is 58.8 Å². The van der Waals surface area contributed by atoms with E-state index in [1.807, 2.05) is 38.2 Å². The van der Waals surface area contributed by atoms with Crippen LogP contribution in [0.15, 0.2) is 37.1 Å². The average molecular weight is 401 g/mol. The Morgan fingerprint density at radius 2 is 1.46 bits per heavy atom. The zero-order chi connectivity index (χ0) is 20.7. The SMILES string of the molecule is C=COC(=O)CC(C(=O)[O-])N(C(=O)CCC/C=C/C)C(=O)CCC/C=C/C.[Na+]. The molecule has 0 aromatic heterocycles. The molecule has 0 N–H and O–H groups in total. The average Bonchev–Trinajstić information content (AvgIpc) is 2.62. The molecule has 1 unspecified atom stereocenters. The third kappa shape index (κ3) is 11.9. The smallest absolute Gasteiger partial charge is 0.548 e. The number of carbonyl (C=O) groups excluding carboxylic acids is 4. The minimum atomic E-state index is -1.71. The number of imide groups is 1. The molecule has 0 bridgehead atoms. The summed E-state index contributed by atoms with van der Waals surface area (Å²) in [5.41, 5.74) is 0. The molecule has 0 aliphatic rings. The van der Waals surface area contributed by atoms with Crippen molar-refractivity contribution in [3.8, 4) is 0 Å². The summed E-state index contributed by atoms with van der Waals surface area (Å²) in [4.78, 5) is 48.9. The van der Waals surface area contributed by atoms with Crippen LogP contribution < -0.4 is 34.7 Å². The third-order valence-electron chi connectivity index (χ3n) is 3.69. The summed E-state index contributed by atoms with van der Waals surface area (Å²) in [6.45, 7) is 6.91. The number of carboxylic acids is 1. The zero-order valence-electron chi connectivity index (χ0n) is 17.0. The van der Waals surface area contributed by atoms with Crippen molar-refractivity contribution < 1.29 is 58.6 Å². The number of hydrogen-bond acceptors (Lipinski definition) is 6. The summed E-state index contributed by atoms with van der Waals surface area (Å²) >= 11 is 0. The van der Waals surface area contributed by atoms with E-state index >= 15 is 0 Å². The number of carboxylic acid groups (broad SMARTS) is 1. The first-order valence-electron chi connectivity index (χ1n) is 8.97. The van der Waals surface area contributed by atoms with Crippen molar-refractivity contribution in [2.75, 3.05) is 0 Å². The molecular formula is C20H28NNaO6. The number of unbranched alkanes of at least 4 members (excludes halogenated alkanes) is 2. The Morgan fingerprint density at radius 3 is 1.82 bits per heavy atom. The molecule has 0 aliphatic heterocycles. The Hall–Kier alpha value is -1.70. The van der Waals surface area contributed by atoms with Gasteiger partial charge >= 0.3 is 35.5 Å². The van der Waals surface area contributed by atoms with Crippen LogP contribution in [0.25, 0.3) is 0 Å². The van der Waals surface area contributed by atoms with Gasteiger partial charge < -0.3 is 14.6 Å². The Balaban J connectivity index is 0. The second-order valence-corrected chi connectivity index (χ2v) is 5.78. The summed E-state index contributed by atoms with van der Waals surface area (Å²) in [5.74, 6) is -3.88. The third-order valence-corrected chi connectivity index (χ3v) is 3.69. The fourth-order valence-electron chi connectivity index (χ4n) is 2.38. The molecule has 28 heavy (non-hydrogen) atoms. The topological polar surface area (TPSA) is 104 Å².